The Labute approximate surface area is 156 Å². The molecule has 1 aromatic carbocycles. The molecule has 1 saturated heterocycles. The lowest BCUT2D eigenvalue weighted by Crippen LogP contribution is -2.40. The molecule has 0 aliphatic carbocycles. The maximum Gasteiger partial charge on any atom is 0.246 e. The van der Waals surface area contributed by atoms with Crippen molar-refractivity contribution in [2.75, 3.05) is 35.3 Å². The minimum Gasteiger partial charge on any atom is -0.382 e. The van der Waals surface area contributed by atoms with Gasteiger partial charge in [0.05, 0.1) is 12.7 Å². The number of carbonyl (C=O) groups is 1. The Bertz CT molecular complexity index is 855. The number of amides is 1. The first-order valence-corrected chi connectivity index (χ1v) is 8.78. The van der Waals surface area contributed by atoms with Crippen LogP contribution in [-0.4, -0.2) is 46.6 Å². The van der Waals surface area contributed by atoms with Crippen LogP contribution in [-0.2, 0) is 4.79 Å². The van der Waals surface area contributed by atoms with Crippen LogP contribution in [0, 0.1) is 0 Å². The minimum atomic E-state index is -0.0383. The zero-order valence-electron chi connectivity index (χ0n) is 14.2. The number of hydrogen-bond acceptors (Lipinski definition) is 6. The van der Waals surface area contributed by atoms with E-state index in [1.807, 2.05) is 29.2 Å². The van der Waals surface area contributed by atoms with Crippen LogP contribution in [0.15, 0.2) is 43.2 Å². The van der Waals surface area contributed by atoms with Gasteiger partial charge in [0.2, 0.25) is 5.91 Å². The first-order valence-electron chi connectivity index (χ1n) is 8.40. The number of likely N-dealkylation sites (tertiary alicyclic amines) is 1. The van der Waals surface area contributed by atoms with Gasteiger partial charge in [0.15, 0.2) is 11.6 Å². The number of aromatic nitrogens is 2. The molecule has 2 aliphatic rings. The summed E-state index contributed by atoms with van der Waals surface area (Å²) in [6, 6.07) is 7.76. The smallest absolute Gasteiger partial charge is 0.246 e. The minimum absolute atomic E-state index is 0.0383. The molecule has 0 spiro atoms. The summed E-state index contributed by atoms with van der Waals surface area (Å²) in [5.74, 6) is 1.19. The molecule has 7 nitrogen and oxygen atoms in total. The number of halogens is 1. The molecule has 0 radical (unpaired) electrons. The summed E-state index contributed by atoms with van der Waals surface area (Å²) in [6.07, 6.45) is 3.71. The van der Waals surface area contributed by atoms with E-state index < -0.39 is 0 Å². The van der Waals surface area contributed by atoms with Gasteiger partial charge in [-0.25, -0.2) is 9.97 Å². The molecular weight excluding hydrogens is 352 g/mol. The van der Waals surface area contributed by atoms with Crippen molar-refractivity contribution in [3.63, 3.8) is 0 Å². The van der Waals surface area contributed by atoms with E-state index >= 15 is 0 Å². The molecule has 0 bridgehead atoms. The third-order valence-corrected chi connectivity index (χ3v) is 5.15. The van der Waals surface area contributed by atoms with Gasteiger partial charge in [0.25, 0.3) is 0 Å². The molecule has 1 amide bonds. The molecule has 2 N–H and O–H groups in total. The molecule has 1 aromatic heterocycles. The van der Waals surface area contributed by atoms with Crippen molar-refractivity contribution in [2.45, 2.75) is 12.5 Å². The van der Waals surface area contributed by atoms with Crippen molar-refractivity contribution in [1.29, 1.82) is 0 Å². The third-order valence-electron chi connectivity index (χ3n) is 4.90. The highest BCUT2D eigenvalue weighted by atomic mass is 35.5. The standard InChI is InChI=1S/C18H19ClN6O/c1-2-15(26)23-8-7-14(9-23)25-11-24(13-5-3-12(19)4-6-13)16-17(20)21-10-22-18(16)25/h2-6,10,14H,1,7-9,11H2,(H2,20,21,22)/t14-/m1/s1. The fraction of sp³-hybridized carbons (Fsp3) is 0.278. The van der Waals surface area contributed by atoms with Gasteiger partial charge in [-0.05, 0) is 36.8 Å². The van der Waals surface area contributed by atoms with Gasteiger partial charge < -0.3 is 20.4 Å². The average Bonchev–Trinajstić information content (AvgIpc) is 3.27. The number of nitrogens with zero attached hydrogens (tertiary/aromatic N) is 5. The van der Waals surface area contributed by atoms with Crippen LogP contribution in [0.2, 0.25) is 5.02 Å². The predicted octanol–water partition coefficient (Wildman–Crippen LogP) is 2.41. The van der Waals surface area contributed by atoms with Gasteiger partial charge >= 0.3 is 0 Å². The zero-order chi connectivity index (χ0) is 18.3. The molecule has 2 aliphatic heterocycles. The van der Waals surface area contributed by atoms with E-state index in [9.17, 15) is 4.79 Å². The second-order valence-electron chi connectivity index (χ2n) is 6.38. The topological polar surface area (TPSA) is 78.6 Å². The van der Waals surface area contributed by atoms with Crippen LogP contribution in [0.1, 0.15) is 6.42 Å². The second kappa shape index (κ2) is 6.49. The monoisotopic (exact) mass is 370 g/mol. The molecule has 4 rings (SSSR count). The van der Waals surface area contributed by atoms with E-state index in [0.717, 1.165) is 23.6 Å². The van der Waals surface area contributed by atoms with Crippen LogP contribution >= 0.6 is 11.6 Å². The Hall–Kier alpha value is -2.80. The first-order chi connectivity index (χ1) is 12.6. The van der Waals surface area contributed by atoms with Gasteiger partial charge in [-0.3, -0.25) is 4.79 Å². The Kier molecular flexibility index (Phi) is 4.16. The highest BCUT2D eigenvalue weighted by molar-refractivity contribution is 6.30. The number of rotatable bonds is 3. The van der Waals surface area contributed by atoms with Crippen molar-refractivity contribution >= 4 is 40.5 Å². The van der Waals surface area contributed by atoms with Gasteiger partial charge in [0.1, 0.15) is 12.0 Å². The van der Waals surface area contributed by atoms with Crippen LogP contribution in [0.4, 0.5) is 23.0 Å². The lowest BCUT2D eigenvalue weighted by Gasteiger charge is -2.26. The summed E-state index contributed by atoms with van der Waals surface area (Å²) in [5, 5.41) is 0.677. The molecule has 26 heavy (non-hydrogen) atoms. The highest BCUT2D eigenvalue weighted by Gasteiger charge is 2.38. The summed E-state index contributed by atoms with van der Waals surface area (Å²) >= 11 is 6.02. The van der Waals surface area contributed by atoms with E-state index in [1.165, 1.54) is 12.4 Å². The fourth-order valence-electron chi connectivity index (χ4n) is 3.59. The first kappa shape index (κ1) is 16.7. The van der Waals surface area contributed by atoms with Gasteiger partial charge in [-0.1, -0.05) is 18.2 Å². The molecule has 1 fully saturated rings. The molecule has 0 saturated carbocycles. The summed E-state index contributed by atoms with van der Waals surface area (Å²) in [5.41, 5.74) is 7.93. The Morgan fingerprint density at radius 1 is 1.31 bits per heavy atom. The largest absolute Gasteiger partial charge is 0.382 e. The van der Waals surface area contributed by atoms with E-state index in [4.69, 9.17) is 17.3 Å². The number of hydrogen-bond donors (Lipinski definition) is 1. The van der Waals surface area contributed by atoms with Crippen molar-refractivity contribution in [2.24, 2.45) is 0 Å². The van der Waals surface area contributed by atoms with Crippen LogP contribution in [0.3, 0.4) is 0 Å². The molecular formula is C18H19ClN6O. The molecule has 0 unspecified atom stereocenters. The molecule has 8 heteroatoms. The lowest BCUT2D eigenvalue weighted by molar-refractivity contribution is -0.125. The normalized spacial score (nSPS) is 19.0. The van der Waals surface area contributed by atoms with Crippen molar-refractivity contribution < 1.29 is 4.79 Å². The van der Waals surface area contributed by atoms with Crippen molar-refractivity contribution in [3.8, 4) is 0 Å². The number of benzene rings is 1. The third kappa shape index (κ3) is 2.74. The number of nitrogens with two attached hydrogens (primary N) is 1. The lowest BCUT2D eigenvalue weighted by atomic mass is 10.2. The Morgan fingerprint density at radius 2 is 2.08 bits per heavy atom. The number of carbonyl (C=O) groups excluding carboxylic acids is 1. The molecule has 134 valence electrons. The van der Waals surface area contributed by atoms with E-state index in [2.05, 4.69) is 26.3 Å². The SMILES string of the molecule is C=CC(=O)N1CC[C@@H](N2CN(c3ccc(Cl)cc3)c3c(N)ncnc32)C1. The summed E-state index contributed by atoms with van der Waals surface area (Å²) in [7, 11) is 0. The Balaban J connectivity index is 1.67. The van der Waals surface area contributed by atoms with Crippen molar-refractivity contribution in [3.05, 3.63) is 48.3 Å². The number of nitrogen functional groups attached to an aromatic ring is 1. The van der Waals surface area contributed by atoms with Gasteiger partial charge in [-0.2, -0.15) is 0 Å². The molecule has 2 aromatic rings. The van der Waals surface area contributed by atoms with E-state index in [-0.39, 0.29) is 11.9 Å². The Morgan fingerprint density at radius 3 is 2.81 bits per heavy atom. The van der Waals surface area contributed by atoms with Crippen LogP contribution in [0.5, 0.6) is 0 Å². The van der Waals surface area contributed by atoms with Gasteiger partial charge in [-0.15, -0.1) is 0 Å². The predicted molar refractivity (Wildman–Crippen MR) is 103 cm³/mol. The summed E-state index contributed by atoms with van der Waals surface area (Å²) in [4.78, 5) is 26.6. The zero-order valence-corrected chi connectivity index (χ0v) is 14.9. The maximum absolute atomic E-state index is 11.9. The number of anilines is 4. The average molecular weight is 371 g/mol. The van der Waals surface area contributed by atoms with E-state index in [0.29, 0.717) is 30.6 Å². The number of fused-ring (bicyclic) bond motifs is 1. The van der Waals surface area contributed by atoms with Crippen LogP contribution in [0.25, 0.3) is 0 Å². The molecule has 1 atom stereocenters. The second-order valence-corrected chi connectivity index (χ2v) is 6.81. The fourth-order valence-corrected chi connectivity index (χ4v) is 3.71. The molecule has 3 heterocycles. The summed E-state index contributed by atoms with van der Waals surface area (Å²) in [6.45, 7) is 5.52. The van der Waals surface area contributed by atoms with E-state index in [1.54, 1.807) is 0 Å². The quantitative estimate of drug-likeness (QED) is 0.836. The van der Waals surface area contributed by atoms with Crippen molar-refractivity contribution in [1.82, 2.24) is 14.9 Å². The highest BCUT2D eigenvalue weighted by Crippen LogP contribution is 2.43. The van der Waals surface area contributed by atoms with Crippen LogP contribution < -0.4 is 15.5 Å². The summed E-state index contributed by atoms with van der Waals surface area (Å²) < 4.78 is 0. The van der Waals surface area contributed by atoms with Gasteiger partial charge in [0, 0.05) is 23.8 Å². The maximum atomic E-state index is 11.9.